The quantitative estimate of drug-likeness (QED) is 0.640. The third-order valence-electron chi connectivity index (χ3n) is 3.35. The van der Waals surface area contributed by atoms with Gasteiger partial charge in [-0.3, -0.25) is 0 Å². The molecule has 0 radical (unpaired) electrons. The molecule has 2 aromatic carbocycles. The summed E-state index contributed by atoms with van der Waals surface area (Å²) in [4.78, 5) is 0. The summed E-state index contributed by atoms with van der Waals surface area (Å²) in [5, 5.41) is 2.57. The first-order valence-electron chi connectivity index (χ1n) is 6.65. The van der Waals surface area contributed by atoms with Crippen molar-refractivity contribution in [3.8, 4) is 0 Å². The summed E-state index contributed by atoms with van der Waals surface area (Å²) < 4.78 is 0. The molecule has 0 aliphatic carbocycles. The Bertz CT molecular complexity index is 588. The number of allylic oxidation sites excluding steroid dienone is 2. The van der Waals surface area contributed by atoms with Crippen LogP contribution in [0, 0.1) is 0 Å². The van der Waals surface area contributed by atoms with E-state index < -0.39 is 0 Å². The Morgan fingerprint density at radius 3 is 2.56 bits per heavy atom. The van der Waals surface area contributed by atoms with E-state index in [1.165, 1.54) is 27.5 Å². The lowest BCUT2D eigenvalue weighted by atomic mass is 9.92. The van der Waals surface area contributed by atoms with Gasteiger partial charge in [-0.2, -0.15) is 0 Å². The minimum atomic E-state index is 1.06. The van der Waals surface area contributed by atoms with Gasteiger partial charge in [0.2, 0.25) is 0 Å². The summed E-state index contributed by atoms with van der Waals surface area (Å²) in [6, 6.07) is 12.9. The van der Waals surface area contributed by atoms with Crippen molar-refractivity contribution < 1.29 is 0 Å². The van der Waals surface area contributed by atoms with Gasteiger partial charge in [-0.25, -0.2) is 0 Å². The molecular weight excluding hydrogens is 216 g/mol. The largest absolute Gasteiger partial charge is 0.0984 e. The molecule has 0 atom stereocenters. The van der Waals surface area contributed by atoms with Gasteiger partial charge in [0.15, 0.2) is 0 Å². The van der Waals surface area contributed by atoms with E-state index in [0.29, 0.717) is 0 Å². The predicted octanol–water partition coefficient (Wildman–Crippen LogP) is 5.69. The molecule has 92 valence electrons. The Kier molecular flexibility index (Phi) is 3.99. The number of fused-ring (bicyclic) bond motifs is 1. The Hall–Kier alpha value is -1.82. The van der Waals surface area contributed by atoms with Crippen molar-refractivity contribution in [3.63, 3.8) is 0 Å². The van der Waals surface area contributed by atoms with Gasteiger partial charge in [0.25, 0.3) is 0 Å². The van der Waals surface area contributed by atoms with Gasteiger partial charge in [-0.1, -0.05) is 69.0 Å². The molecule has 18 heavy (non-hydrogen) atoms. The monoisotopic (exact) mass is 236 g/mol. The van der Waals surface area contributed by atoms with Crippen molar-refractivity contribution in [3.05, 3.63) is 60.2 Å². The summed E-state index contributed by atoms with van der Waals surface area (Å²) in [6.07, 6.45) is 6.44. The lowest BCUT2D eigenvalue weighted by Gasteiger charge is -2.12. The van der Waals surface area contributed by atoms with Crippen molar-refractivity contribution in [1.82, 2.24) is 0 Å². The zero-order valence-electron chi connectivity index (χ0n) is 11.2. The van der Waals surface area contributed by atoms with Crippen LogP contribution < -0.4 is 0 Å². The molecule has 0 aliphatic heterocycles. The van der Waals surface area contributed by atoms with Crippen LogP contribution in [0.3, 0.4) is 0 Å². The Labute approximate surface area is 110 Å². The molecule has 2 rings (SSSR count). The zero-order chi connectivity index (χ0) is 13.0. The SMILES string of the molecule is C=Cc1c(/C(=C\CC)CC)ccc2ccccc12. The van der Waals surface area contributed by atoms with Crippen LogP contribution in [0.4, 0.5) is 0 Å². The number of hydrogen-bond acceptors (Lipinski definition) is 0. The molecule has 0 heteroatoms. The normalized spacial score (nSPS) is 11.8. The van der Waals surface area contributed by atoms with Crippen LogP contribution in [0.25, 0.3) is 22.4 Å². The zero-order valence-corrected chi connectivity index (χ0v) is 11.2. The maximum Gasteiger partial charge on any atom is -0.0106 e. The molecule has 2 aromatic rings. The topological polar surface area (TPSA) is 0 Å². The molecule has 0 nitrogen and oxygen atoms in total. The molecule has 0 N–H and O–H groups in total. The molecule has 0 unspecified atom stereocenters. The van der Waals surface area contributed by atoms with Crippen LogP contribution in [0.2, 0.25) is 0 Å². The summed E-state index contributed by atoms with van der Waals surface area (Å²) in [6.45, 7) is 8.39. The molecule has 0 spiro atoms. The van der Waals surface area contributed by atoms with Gasteiger partial charge in [-0.15, -0.1) is 0 Å². The lowest BCUT2D eigenvalue weighted by Crippen LogP contribution is -1.90. The fourth-order valence-electron chi connectivity index (χ4n) is 2.49. The third-order valence-corrected chi connectivity index (χ3v) is 3.35. The van der Waals surface area contributed by atoms with Crippen LogP contribution >= 0.6 is 0 Å². The van der Waals surface area contributed by atoms with E-state index in [1.54, 1.807) is 0 Å². The number of hydrogen-bond donors (Lipinski definition) is 0. The van der Waals surface area contributed by atoms with Gasteiger partial charge in [-0.05, 0) is 40.3 Å². The molecule has 0 aromatic heterocycles. The summed E-state index contributed by atoms with van der Waals surface area (Å²) >= 11 is 0. The molecule has 0 amide bonds. The van der Waals surface area contributed by atoms with E-state index in [0.717, 1.165) is 12.8 Å². The first-order chi connectivity index (χ1) is 8.81. The second-order valence-electron chi connectivity index (χ2n) is 4.44. The highest BCUT2D eigenvalue weighted by Crippen LogP contribution is 2.30. The fraction of sp³-hybridized carbons (Fsp3) is 0.222. The van der Waals surface area contributed by atoms with E-state index in [4.69, 9.17) is 0 Å². The number of rotatable bonds is 4. The van der Waals surface area contributed by atoms with Crippen LogP contribution in [-0.4, -0.2) is 0 Å². The lowest BCUT2D eigenvalue weighted by molar-refractivity contribution is 1.17. The van der Waals surface area contributed by atoms with Crippen LogP contribution in [0.1, 0.15) is 37.8 Å². The van der Waals surface area contributed by atoms with E-state index in [1.807, 2.05) is 6.08 Å². The second kappa shape index (κ2) is 5.68. The van der Waals surface area contributed by atoms with Crippen molar-refractivity contribution >= 4 is 22.4 Å². The highest BCUT2D eigenvalue weighted by Gasteiger charge is 2.07. The maximum absolute atomic E-state index is 3.99. The van der Waals surface area contributed by atoms with Crippen LogP contribution in [0.5, 0.6) is 0 Å². The minimum Gasteiger partial charge on any atom is -0.0984 e. The smallest absolute Gasteiger partial charge is 0.0106 e. The van der Waals surface area contributed by atoms with E-state index in [2.05, 4.69) is 62.9 Å². The molecule has 0 saturated carbocycles. The molecule has 0 aliphatic rings. The van der Waals surface area contributed by atoms with Crippen molar-refractivity contribution in [2.24, 2.45) is 0 Å². The molecule has 0 saturated heterocycles. The van der Waals surface area contributed by atoms with Gasteiger partial charge >= 0.3 is 0 Å². The molecular formula is C18H20. The van der Waals surface area contributed by atoms with Gasteiger partial charge < -0.3 is 0 Å². The maximum atomic E-state index is 3.99. The third kappa shape index (κ3) is 2.24. The summed E-state index contributed by atoms with van der Waals surface area (Å²) in [7, 11) is 0. The van der Waals surface area contributed by atoms with E-state index in [9.17, 15) is 0 Å². The summed E-state index contributed by atoms with van der Waals surface area (Å²) in [5.41, 5.74) is 4.00. The average Bonchev–Trinajstić information content (AvgIpc) is 2.43. The number of benzene rings is 2. The highest BCUT2D eigenvalue weighted by atomic mass is 14.1. The van der Waals surface area contributed by atoms with Gasteiger partial charge in [0.1, 0.15) is 0 Å². The first-order valence-corrected chi connectivity index (χ1v) is 6.65. The fourth-order valence-corrected chi connectivity index (χ4v) is 2.49. The van der Waals surface area contributed by atoms with Gasteiger partial charge in [0.05, 0.1) is 0 Å². The Morgan fingerprint density at radius 1 is 1.11 bits per heavy atom. The molecule has 0 bridgehead atoms. The van der Waals surface area contributed by atoms with Crippen LogP contribution in [0.15, 0.2) is 49.1 Å². The van der Waals surface area contributed by atoms with Crippen molar-refractivity contribution in [2.75, 3.05) is 0 Å². The Balaban J connectivity index is 2.72. The predicted molar refractivity (Wildman–Crippen MR) is 82.6 cm³/mol. The standard InChI is InChI=1S/C18H20/c1-4-9-14(5-2)18-13-12-15-10-7-8-11-17(15)16(18)6-3/h6-13H,3-5H2,1-2H3/b14-9-. The first kappa shape index (κ1) is 12.6. The average molecular weight is 236 g/mol. The summed E-state index contributed by atoms with van der Waals surface area (Å²) in [5.74, 6) is 0. The van der Waals surface area contributed by atoms with Crippen molar-refractivity contribution in [1.29, 1.82) is 0 Å². The van der Waals surface area contributed by atoms with E-state index in [-0.39, 0.29) is 0 Å². The van der Waals surface area contributed by atoms with Crippen molar-refractivity contribution in [2.45, 2.75) is 26.7 Å². The van der Waals surface area contributed by atoms with Gasteiger partial charge in [0, 0.05) is 0 Å². The molecule has 0 heterocycles. The second-order valence-corrected chi connectivity index (χ2v) is 4.44. The molecule has 0 fully saturated rings. The minimum absolute atomic E-state index is 1.06. The van der Waals surface area contributed by atoms with E-state index >= 15 is 0 Å². The Morgan fingerprint density at radius 2 is 1.89 bits per heavy atom. The highest BCUT2D eigenvalue weighted by molar-refractivity contribution is 5.95. The van der Waals surface area contributed by atoms with Crippen LogP contribution in [-0.2, 0) is 0 Å².